The summed E-state index contributed by atoms with van der Waals surface area (Å²) in [5.41, 5.74) is 1.15. The summed E-state index contributed by atoms with van der Waals surface area (Å²) in [5.74, 6) is 1.44. The van der Waals surface area contributed by atoms with E-state index < -0.39 is 0 Å². The molecule has 4 nitrogen and oxygen atoms in total. The van der Waals surface area contributed by atoms with Crippen molar-refractivity contribution in [2.45, 2.75) is 26.8 Å². The van der Waals surface area contributed by atoms with E-state index in [1.165, 1.54) is 0 Å². The summed E-state index contributed by atoms with van der Waals surface area (Å²) < 4.78 is 5.73. The molecule has 0 saturated carbocycles. The largest absolute Gasteiger partial charge is 0.493 e. The van der Waals surface area contributed by atoms with Crippen LogP contribution in [0, 0.1) is 5.92 Å². The minimum absolute atomic E-state index is 0.158. The SMILES string of the molecule is CCN(CC)C(=O)CNC1c2ccccc2OCC1C. The van der Waals surface area contributed by atoms with Gasteiger partial charge in [0.15, 0.2) is 0 Å². The lowest BCUT2D eigenvalue weighted by molar-refractivity contribution is -0.130. The predicted molar refractivity (Wildman–Crippen MR) is 79.8 cm³/mol. The van der Waals surface area contributed by atoms with Crippen molar-refractivity contribution in [3.05, 3.63) is 29.8 Å². The summed E-state index contributed by atoms with van der Waals surface area (Å²) in [6, 6.07) is 8.24. The number of hydrogen-bond acceptors (Lipinski definition) is 3. The van der Waals surface area contributed by atoms with Crippen molar-refractivity contribution in [1.82, 2.24) is 10.2 Å². The molecule has 0 spiro atoms. The second-order valence-electron chi connectivity index (χ2n) is 5.25. The van der Waals surface area contributed by atoms with Crippen LogP contribution < -0.4 is 10.1 Å². The number of benzene rings is 1. The summed E-state index contributed by atoms with van der Waals surface area (Å²) in [6.07, 6.45) is 0. The molecule has 0 aliphatic carbocycles. The van der Waals surface area contributed by atoms with Gasteiger partial charge in [0.2, 0.25) is 5.91 Å². The number of nitrogens with one attached hydrogen (secondary N) is 1. The maximum Gasteiger partial charge on any atom is 0.236 e. The van der Waals surface area contributed by atoms with Gasteiger partial charge in [-0.1, -0.05) is 25.1 Å². The van der Waals surface area contributed by atoms with E-state index in [9.17, 15) is 4.79 Å². The zero-order chi connectivity index (χ0) is 14.5. The van der Waals surface area contributed by atoms with E-state index in [-0.39, 0.29) is 11.9 Å². The molecule has 2 rings (SSSR count). The normalized spacial score (nSPS) is 20.9. The number of hydrogen-bond donors (Lipinski definition) is 1. The molecule has 1 heterocycles. The lowest BCUT2D eigenvalue weighted by Crippen LogP contribution is -2.42. The Balaban J connectivity index is 2.04. The van der Waals surface area contributed by atoms with Crippen LogP contribution in [0.25, 0.3) is 0 Å². The van der Waals surface area contributed by atoms with Crippen molar-refractivity contribution < 1.29 is 9.53 Å². The van der Waals surface area contributed by atoms with Gasteiger partial charge in [-0.25, -0.2) is 0 Å². The third-order valence-electron chi connectivity index (χ3n) is 3.91. The molecule has 1 N–H and O–H groups in total. The smallest absolute Gasteiger partial charge is 0.236 e. The molecule has 0 fully saturated rings. The van der Waals surface area contributed by atoms with Crippen LogP contribution >= 0.6 is 0 Å². The zero-order valence-corrected chi connectivity index (χ0v) is 12.6. The maximum absolute atomic E-state index is 12.1. The number of likely N-dealkylation sites (N-methyl/N-ethyl adjacent to an activating group) is 1. The molecule has 1 aromatic carbocycles. The maximum atomic E-state index is 12.1. The Bertz CT molecular complexity index is 458. The third-order valence-corrected chi connectivity index (χ3v) is 3.91. The van der Waals surface area contributed by atoms with E-state index in [4.69, 9.17) is 4.74 Å². The van der Waals surface area contributed by atoms with E-state index in [0.717, 1.165) is 24.4 Å². The quantitative estimate of drug-likeness (QED) is 0.896. The molecule has 2 atom stereocenters. The number of carbonyl (C=O) groups is 1. The van der Waals surface area contributed by atoms with Gasteiger partial charge in [-0.2, -0.15) is 0 Å². The highest BCUT2D eigenvalue weighted by Gasteiger charge is 2.27. The van der Waals surface area contributed by atoms with E-state index in [2.05, 4.69) is 18.3 Å². The molecular weight excluding hydrogens is 252 g/mol. The molecule has 2 unspecified atom stereocenters. The summed E-state index contributed by atoms with van der Waals surface area (Å²) in [7, 11) is 0. The van der Waals surface area contributed by atoms with Crippen molar-refractivity contribution in [2.75, 3.05) is 26.2 Å². The second kappa shape index (κ2) is 6.75. The van der Waals surface area contributed by atoms with Crippen LogP contribution in [-0.2, 0) is 4.79 Å². The van der Waals surface area contributed by atoms with Gasteiger partial charge in [0.1, 0.15) is 5.75 Å². The van der Waals surface area contributed by atoms with Gasteiger partial charge >= 0.3 is 0 Å². The average Bonchev–Trinajstić information content (AvgIpc) is 2.47. The van der Waals surface area contributed by atoms with Gasteiger partial charge in [0.25, 0.3) is 0 Å². The first kappa shape index (κ1) is 14.9. The topological polar surface area (TPSA) is 41.6 Å². The van der Waals surface area contributed by atoms with Crippen LogP contribution in [0.4, 0.5) is 0 Å². The van der Waals surface area contributed by atoms with E-state index in [1.807, 2.05) is 36.9 Å². The van der Waals surface area contributed by atoms with E-state index in [1.54, 1.807) is 0 Å². The van der Waals surface area contributed by atoms with Gasteiger partial charge in [0, 0.05) is 30.6 Å². The van der Waals surface area contributed by atoms with Crippen molar-refractivity contribution >= 4 is 5.91 Å². The van der Waals surface area contributed by atoms with E-state index in [0.29, 0.717) is 19.1 Å². The summed E-state index contributed by atoms with van der Waals surface area (Å²) in [4.78, 5) is 13.9. The number of para-hydroxylation sites is 1. The first-order chi connectivity index (χ1) is 9.67. The molecule has 1 aliphatic rings. The molecule has 1 amide bonds. The number of fused-ring (bicyclic) bond motifs is 1. The fourth-order valence-corrected chi connectivity index (χ4v) is 2.69. The number of ether oxygens (including phenoxy) is 1. The Morgan fingerprint density at radius 3 is 2.75 bits per heavy atom. The summed E-state index contributed by atoms with van der Waals surface area (Å²) in [5, 5.41) is 3.41. The minimum Gasteiger partial charge on any atom is -0.493 e. The third kappa shape index (κ3) is 3.12. The fraction of sp³-hybridized carbons (Fsp3) is 0.562. The first-order valence-corrected chi connectivity index (χ1v) is 7.40. The lowest BCUT2D eigenvalue weighted by Gasteiger charge is -2.32. The van der Waals surface area contributed by atoms with Crippen LogP contribution in [0.15, 0.2) is 24.3 Å². The van der Waals surface area contributed by atoms with Gasteiger partial charge in [-0.3, -0.25) is 4.79 Å². The highest BCUT2D eigenvalue weighted by molar-refractivity contribution is 5.78. The van der Waals surface area contributed by atoms with Crippen molar-refractivity contribution in [2.24, 2.45) is 5.92 Å². The lowest BCUT2D eigenvalue weighted by atomic mass is 9.92. The number of amides is 1. The molecule has 1 aliphatic heterocycles. The Labute approximate surface area is 121 Å². The monoisotopic (exact) mass is 276 g/mol. The Morgan fingerprint density at radius 1 is 1.35 bits per heavy atom. The average molecular weight is 276 g/mol. The summed E-state index contributed by atoms with van der Waals surface area (Å²) >= 11 is 0. The molecule has 0 bridgehead atoms. The Morgan fingerprint density at radius 2 is 2.05 bits per heavy atom. The summed E-state index contributed by atoms with van der Waals surface area (Å²) in [6.45, 7) is 8.75. The predicted octanol–water partition coefficient (Wildman–Crippen LogP) is 2.21. The molecule has 0 radical (unpaired) electrons. The van der Waals surface area contributed by atoms with Crippen molar-refractivity contribution in [3.8, 4) is 5.75 Å². The van der Waals surface area contributed by atoms with Crippen LogP contribution in [0.3, 0.4) is 0 Å². The Hall–Kier alpha value is -1.55. The number of carbonyl (C=O) groups excluding carboxylic acids is 1. The molecule has 1 aromatic rings. The van der Waals surface area contributed by atoms with E-state index >= 15 is 0 Å². The zero-order valence-electron chi connectivity index (χ0n) is 12.6. The highest BCUT2D eigenvalue weighted by Crippen LogP contribution is 2.34. The molecule has 4 heteroatoms. The van der Waals surface area contributed by atoms with Crippen molar-refractivity contribution in [3.63, 3.8) is 0 Å². The molecule has 110 valence electrons. The van der Waals surface area contributed by atoms with Gasteiger partial charge in [0.05, 0.1) is 13.2 Å². The fourth-order valence-electron chi connectivity index (χ4n) is 2.69. The van der Waals surface area contributed by atoms with Crippen LogP contribution in [0.2, 0.25) is 0 Å². The molecule has 0 aromatic heterocycles. The second-order valence-corrected chi connectivity index (χ2v) is 5.25. The van der Waals surface area contributed by atoms with Gasteiger partial charge < -0.3 is 15.0 Å². The first-order valence-electron chi connectivity index (χ1n) is 7.40. The van der Waals surface area contributed by atoms with Crippen LogP contribution in [0.5, 0.6) is 5.75 Å². The highest BCUT2D eigenvalue weighted by atomic mass is 16.5. The Kier molecular flexibility index (Phi) is 5.01. The van der Waals surface area contributed by atoms with Crippen LogP contribution in [-0.4, -0.2) is 37.0 Å². The molecule has 20 heavy (non-hydrogen) atoms. The van der Waals surface area contributed by atoms with Crippen LogP contribution in [0.1, 0.15) is 32.4 Å². The molecule has 0 saturated heterocycles. The van der Waals surface area contributed by atoms with Gasteiger partial charge in [-0.15, -0.1) is 0 Å². The standard InChI is InChI=1S/C16H24N2O2/c1-4-18(5-2)15(19)10-17-16-12(3)11-20-14-9-7-6-8-13(14)16/h6-9,12,16-17H,4-5,10-11H2,1-3H3. The molecular formula is C16H24N2O2. The van der Waals surface area contributed by atoms with Gasteiger partial charge in [-0.05, 0) is 19.9 Å². The van der Waals surface area contributed by atoms with Crippen molar-refractivity contribution in [1.29, 1.82) is 0 Å². The number of rotatable bonds is 5. The number of nitrogens with zero attached hydrogens (tertiary/aromatic N) is 1. The minimum atomic E-state index is 0.158.